The first-order chi connectivity index (χ1) is 14.9. The molecule has 2 aliphatic rings. The first-order valence-electron chi connectivity index (χ1n) is 11.0. The highest BCUT2D eigenvalue weighted by Crippen LogP contribution is 2.44. The molecule has 0 bridgehead atoms. The number of benzene rings is 2. The van der Waals surface area contributed by atoms with Crippen LogP contribution >= 0.6 is 0 Å². The molecule has 0 radical (unpaired) electrons. The normalized spacial score (nSPS) is 21.1. The second-order valence-electron chi connectivity index (χ2n) is 8.45. The Kier molecular flexibility index (Phi) is 5.86. The van der Waals surface area contributed by atoms with Crippen molar-refractivity contribution in [2.24, 2.45) is 0 Å². The van der Waals surface area contributed by atoms with Crippen LogP contribution < -0.4 is 4.74 Å². The van der Waals surface area contributed by atoms with Crippen LogP contribution in [0, 0.1) is 13.8 Å². The number of aryl methyl sites for hydroxylation is 2. The molecule has 1 aliphatic heterocycles. The number of aliphatic hydroxyl groups excluding tert-OH is 1. The minimum atomic E-state index is -0.620. The van der Waals surface area contributed by atoms with E-state index in [1.54, 1.807) is 11.0 Å². The highest BCUT2D eigenvalue weighted by molar-refractivity contribution is 6.46. The molecule has 5 heteroatoms. The van der Waals surface area contributed by atoms with E-state index in [0.717, 1.165) is 42.4 Å². The van der Waals surface area contributed by atoms with E-state index in [-0.39, 0.29) is 17.4 Å². The van der Waals surface area contributed by atoms with Crippen molar-refractivity contribution in [3.63, 3.8) is 0 Å². The maximum Gasteiger partial charge on any atom is 0.295 e. The van der Waals surface area contributed by atoms with Gasteiger partial charge >= 0.3 is 0 Å². The van der Waals surface area contributed by atoms with Crippen LogP contribution in [-0.2, 0) is 9.59 Å². The molecular weight excluding hydrogens is 390 g/mol. The zero-order valence-electron chi connectivity index (χ0n) is 18.4. The van der Waals surface area contributed by atoms with E-state index < -0.39 is 17.7 Å². The standard InChI is InChI=1S/C26H29NO4/c1-4-31-21-11-7-8-18(15-21)23-22(24(28)19-13-12-16(2)17(3)14-19)25(29)26(30)27(23)20-9-5-6-10-20/h7-8,11-15,20,23,28H,4-6,9-10H2,1-3H3/b24-22-. The van der Waals surface area contributed by atoms with Crippen molar-refractivity contribution in [1.29, 1.82) is 0 Å². The van der Waals surface area contributed by atoms with Crippen LogP contribution in [0.25, 0.3) is 5.76 Å². The Morgan fingerprint density at radius 2 is 1.81 bits per heavy atom. The summed E-state index contributed by atoms with van der Waals surface area (Å²) in [4.78, 5) is 28.0. The van der Waals surface area contributed by atoms with Crippen LogP contribution in [0.2, 0.25) is 0 Å². The molecule has 1 unspecified atom stereocenters. The summed E-state index contributed by atoms with van der Waals surface area (Å²) in [6.07, 6.45) is 3.82. The molecule has 2 aromatic rings. The fourth-order valence-corrected chi connectivity index (χ4v) is 4.72. The molecular formula is C26H29NO4. The van der Waals surface area contributed by atoms with Gasteiger partial charge in [0.1, 0.15) is 11.5 Å². The minimum Gasteiger partial charge on any atom is -0.507 e. The van der Waals surface area contributed by atoms with Crippen LogP contribution in [-0.4, -0.2) is 34.3 Å². The topological polar surface area (TPSA) is 66.8 Å². The molecule has 1 aliphatic carbocycles. The molecule has 0 spiro atoms. The van der Waals surface area contributed by atoms with Gasteiger partial charge < -0.3 is 14.7 Å². The molecule has 1 heterocycles. The largest absolute Gasteiger partial charge is 0.507 e. The zero-order chi connectivity index (χ0) is 22.1. The summed E-state index contributed by atoms with van der Waals surface area (Å²) in [7, 11) is 0. The number of rotatable bonds is 5. The molecule has 4 rings (SSSR count). The van der Waals surface area contributed by atoms with Crippen molar-refractivity contribution in [3.8, 4) is 5.75 Å². The summed E-state index contributed by atoms with van der Waals surface area (Å²) in [5.41, 5.74) is 3.61. The molecule has 1 atom stereocenters. The lowest BCUT2D eigenvalue weighted by Crippen LogP contribution is -2.37. The lowest BCUT2D eigenvalue weighted by atomic mass is 9.93. The molecule has 162 valence electrons. The van der Waals surface area contributed by atoms with Crippen molar-refractivity contribution in [2.45, 2.75) is 58.5 Å². The van der Waals surface area contributed by atoms with E-state index in [0.29, 0.717) is 17.9 Å². The van der Waals surface area contributed by atoms with Gasteiger partial charge in [0.2, 0.25) is 0 Å². The van der Waals surface area contributed by atoms with Crippen molar-refractivity contribution >= 4 is 17.4 Å². The number of Topliss-reactive ketones (excluding diaryl/α,β-unsaturated/α-hetero) is 1. The van der Waals surface area contributed by atoms with Crippen molar-refractivity contribution < 1.29 is 19.4 Å². The fourth-order valence-electron chi connectivity index (χ4n) is 4.72. The van der Waals surface area contributed by atoms with Crippen LogP contribution in [0.5, 0.6) is 5.75 Å². The van der Waals surface area contributed by atoms with Gasteiger partial charge in [-0.25, -0.2) is 0 Å². The number of carbonyl (C=O) groups excluding carboxylic acids is 2. The molecule has 1 saturated carbocycles. The Bertz CT molecular complexity index is 1050. The van der Waals surface area contributed by atoms with Crippen molar-refractivity contribution in [1.82, 2.24) is 4.90 Å². The Balaban J connectivity index is 1.88. The summed E-state index contributed by atoms with van der Waals surface area (Å²) in [6.45, 7) is 6.40. The van der Waals surface area contributed by atoms with E-state index in [1.807, 2.05) is 57.2 Å². The molecule has 2 aromatic carbocycles. The molecule has 1 N–H and O–H groups in total. The molecule has 0 aromatic heterocycles. The average Bonchev–Trinajstić information content (AvgIpc) is 3.37. The third kappa shape index (κ3) is 3.85. The molecule has 31 heavy (non-hydrogen) atoms. The number of hydrogen-bond acceptors (Lipinski definition) is 4. The highest BCUT2D eigenvalue weighted by atomic mass is 16.5. The zero-order valence-corrected chi connectivity index (χ0v) is 18.4. The summed E-state index contributed by atoms with van der Waals surface area (Å²) < 4.78 is 5.66. The SMILES string of the molecule is CCOc1cccc(C2/C(=C(/O)c3ccc(C)c(C)c3)C(=O)C(=O)N2C2CCCC2)c1. The van der Waals surface area contributed by atoms with E-state index >= 15 is 0 Å². The van der Waals surface area contributed by atoms with Crippen LogP contribution in [0.15, 0.2) is 48.0 Å². The van der Waals surface area contributed by atoms with Gasteiger partial charge in [-0.2, -0.15) is 0 Å². The smallest absolute Gasteiger partial charge is 0.295 e. The predicted octanol–water partition coefficient (Wildman–Crippen LogP) is 5.07. The van der Waals surface area contributed by atoms with Gasteiger partial charge in [-0.3, -0.25) is 9.59 Å². The first-order valence-corrected chi connectivity index (χ1v) is 11.0. The Labute approximate surface area is 183 Å². The summed E-state index contributed by atoms with van der Waals surface area (Å²) in [5, 5.41) is 11.2. The maximum atomic E-state index is 13.2. The summed E-state index contributed by atoms with van der Waals surface area (Å²) in [5.74, 6) is -0.574. The number of nitrogens with zero attached hydrogens (tertiary/aromatic N) is 1. The van der Waals surface area contributed by atoms with Gasteiger partial charge in [0.15, 0.2) is 0 Å². The van der Waals surface area contributed by atoms with Crippen molar-refractivity contribution in [3.05, 3.63) is 70.3 Å². The average molecular weight is 420 g/mol. The van der Waals surface area contributed by atoms with Crippen LogP contribution in [0.3, 0.4) is 0 Å². The van der Waals surface area contributed by atoms with Gasteiger partial charge in [0.05, 0.1) is 18.2 Å². The summed E-state index contributed by atoms with van der Waals surface area (Å²) in [6, 6.07) is 12.5. The minimum absolute atomic E-state index is 0.00209. The van der Waals surface area contributed by atoms with Gasteiger partial charge in [-0.15, -0.1) is 0 Å². The monoisotopic (exact) mass is 419 g/mol. The molecule has 5 nitrogen and oxygen atoms in total. The maximum absolute atomic E-state index is 13.2. The van der Waals surface area contributed by atoms with E-state index in [4.69, 9.17) is 4.74 Å². The predicted molar refractivity (Wildman–Crippen MR) is 120 cm³/mol. The fraction of sp³-hybridized carbons (Fsp3) is 0.385. The lowest BCUT2D eigenvalue weighted by Gasteiger charge is -2.31. The van der Waals surface area contributed by atoms with Crippen LogP contribution in [0.4, 0.5) is 0 Å². The Morgan fingerprint density at radius 3 is 2.48 bits per heavy atom. The number of aliphatic hydroxyl groups is 1. The van der Waals surface area contributed by atoms with Gasteiger partial charge in [-0.1, -0.05) is 37.1 Å². The second-order valence-corrected chi connectivity index (χ2v) is 8.45. The number of ketones is 1. The quantitative estimate of drug-likeness (QED) is 0.418. The highest BCUT2D eigenvalue weighted by Gasteiger charge is 2.49. The number of amides is 1. The lowest BCUT2D eigenvalue weighted by molar-refractivity contribution is -0.141. The van der Waals surface area contributed by atoms with E-state index in [9.17, 15) is 14.7 Å². The van der Waals surface area contributed by atoms with Crippen molar-refractivity contribution in [2.75, 3.05) is 6.61 Å². The summed E-state index contributed by atoms with van der Waals surface area (Å²) >= 11 is 0. The van der Waals surface area contributed by atoms with E-state index in [1.165, 1.54) is 0 Å². The molecule has 1 saturated heterocycles. The van der Waals surface area contributed by atoms with E-state index in [2.05, 4.69) is 0 Å². The number of likely N-dealkylation sites (tertiary alicyclic amines) is 1. The second kappa shape index (κ2) is 8.58. The van der Waals surface area contributed by atoms with Gasteiger partial charge in [0.25, 0.3) is 11.7 Å². The first kappa shape index (κ1) is 21.2. The third-order valence-electron chi connectivity index (χ3n) is 6.46. The molecule has 2 fully saturated rings. The Hall–Kier alpha value is -3.08. The van der Waals surface area contributed by atoms with Gasteiger partial charge in [0, 0.05) is 11.6 Å². The Morgan fingerprint density at radius 1 is 1.06 bits per heavy atom. The van der Waals surface area contributed by atoms with Crippen LogP contribution in [0.1, 0.15) is 60.9 Å². The number of carbonyl (C=O) groups is 2. The van der Waals surface area contributed by atoms with Gasteiger partial charge in [-0.05, 0) is 68.5 Å². The number of hydrogen-bond donors (Lipinski definition) is 1. The number of ether oxygens (including phenoxy) is 1. The molecule has 1 amide bonds. The third-order valence-corrected chi connectivity index (χ3v) is 6.46.